The molecule has 5 heteroatoms. The van der Waals surface area contributed by atoms with Crippen molar-refractivity contribution in [2.45, 2.75) is 20.0 Å². The van der Waals surface area contributed by atoms with Gasteiger partial charge in [-0.25, -0.2) is 0 Å². The first-order valence-corrected chi connectivity index (χ1v) is 5.74. The third-order valence-corrected chi connectivity index (χ3v) is 2.92. The zero-order valence-corrected chi connectivity index (χ0v) is 10.1. The summed E-state index contributed by atoms with van der Waals surface area (Å²) < 4.78 is 0. The molecule has 2 rings (SSSR count). The number of nitro benzene ring substituents is 1. The van der Waals surface area contributed by atoms with Gasteiger partial charge in [0.2, 0.25) is 0 Å². The lowest BCUT2D eigenvalue weighted by Crippen LogP contribution is -2.13. The van der Waals surface area contributed by atoms with Crippen molar-refractivity contribution in [3.8, 4) is 0 Å². The Morgan fingerprint density at radius 1 is 1.33 bits per heavy atom. The van der Waals surface area contributed by atoms with Crippen LogP contribution in [0.1, 0.15) is 16.7 Å². The van der Waals surface area contributed by atoms with Crippen LogP contribution in [0.3, 0.4) is 0 Å². The fourth-order valence-electron chi connectivity index (χ4n) is 1.87. The summed E-state index contributed by atoms with van der Waals surface area (Å²) in [7, 11) is 0. The summed E-state index contributed by atoms with van der Waals surface area (Å²) in [6.07, 6.45) is 3.79. The molecule has 0 aliphatic rings. The highest BCUT2D eigenvalue weighted by Crippen LogP contribution is 2.20. The third kappa shape index (κ3) is 2.75. The van der Waals surface area contributed by atoms with E-state index in [4.69, 9.17) is 0 Å². The molecule has 0 saturated carbocycles. The second-order valence-electron chi connectivity index (χ2n) is 4.14. The molecular formula is C13H15N3O2. The van der Waals surface area contributed by atoms with E-state index in [0.29, 0.717) is 6.54 Å². The zero-order chi connectivity index (χ0) is 13.0. The Morgan fingerprint density at radius 2 is 2.17 bits per heavy atom. The van der Waals surface area contributed by atoms with E-state index in [1.165, 1.54) is 6.07 Å². The normalized spacial score (nSPS) is 10.5. The van der Waals surface area contributed by atoms with Gasteiger partial charge in [-0.15, -0.1) is 0 Å². The van der Waals surface area contributed by atoms with Gasteiger partial charge in [0.1, 0.15) is 0 Å². The smallest absolute Gasteiger partial charge is 0.272 e. The maximum atomic E-state index is 10.8. The highest BCUT2D eigenvalue weighted by Gasteiger charge is 2.12. The van der Waals surface area contributed by atoms with Crippen molar-refractivity contribution in [1.29, 1.82) is 0 Å². The van der Waals surface area contributed by atoms with Crippen molar-refractivity contribution < 1.29 is 4.92 Å². The molecular weight excluding hydrogens is 230 g/mol. The summed E-state index contributed by atoms with van der Waals surface area (Å²) in [4.78, 5) is 13.5. The molecule has 0 amide bonds. The van der Waals surface area contributed by atoms with Gasteiger partial charge in [0, 0.05) is 37.1 Å². The molecule has 1 aromatic heterocycles. The Labute approximate surface area is 105 Å². The van der Waals surface area contributed by atoms with Crippen molar-refractivity contribution in [2.75, 3.05) is 0 Å². The van der Waals surface area contributed by atoms with Crippen LogP contribution in [-0.2, 0) is 13.1 Å². The number of benzene rings is 1. The van der Waals surface area contributed by atoms with Crippen LogP contribution in [0.4, 0.5) is 5.69 Å². The highest BCUT2D eigenvalue weighted by atomic mass is 16.6. The van der Waals surface area contributed by atoms with Crippen LogP contribution in [-0.4, -0.2) is 9.91 Å². The molecule has 0 aliphatic heterocycles. The molecule has 0 atom stereocenters. The first-order chi connectivity index (χ1) is 8.68. The molecule has 2 aromatic rings. The Bertz CT molecular complexity index is 535. The average Bonchev–Trinajstić information content (AvgIpc) is 2.84. The van der Waals surface area contributed by atoms with Crippen LogP contribution in [0.2, 0.25) is 0 Å². The summed E-state index contributed by atoms with van der Waals surface area (Å²) in [5, 5.41) is 14.1. The number of hydrogen-bond acceptors (Lipinski definition) is 3. The maximum Gasteiger partial charge on any atom is 0.272 e. The van der Waals surface area contributed by atoms with Crippen LogP contribution in [0.25, 0.3) is 0 Å². The number of nitrogens with one attached hydrogen (secondary N) is 2. The van der Waals surface area contributed by atoms with Gasteiger partial charge in [-0.1, -0.05) is 12.1 Å². The molecule has 0 fully saturated rings. The lowest BCUT2D eigenvalue weighted by molar-refractivity contribution is -0.385. The predicted molar refractivity (Wildman–Crippen MR) is 69.2 cm³/mol. The number of aromatic amines is 1. The van der Waals surface area contributed by atoms with Crippen LogP contribution in [0.5, 0.6) is 0 Å². The molecule has 0 saturated heterocycles. The summed E-state index contributed by atoms with van der Waals surface area (Å²) in [6, 6.07) is 7.16. The molecule has 1 heterocycles. The number of H-pyrrole nitrogens is 1. The van der Waals surface area contributed by atoms with Gasteiger partial charge in [0.25, 0.3) is 5.69 Å². The Balaban J connectivity index is 2.01. The number of aromatic nitrogens is 1. The van der Waals surface area contributed by atoms with Gasteiger partial charge in [0.15, 0.2) is 0 Å². The second-order valence-corrected chi connectivity index (χ2v) is 4.14. The Kier molecular flexibility index (Phi) is 3.74. The SMILES string of the molecule is Cc1c(CNCc2cc[nH]c2)cccc1[N+](=O)[O-]. The van der Waals surface area contributed by atoms with E-state index in [-0.39, 0.29) is 10.6 Å². The van der Waals surface area contributed by atoms with Crippen LogP contribution >= 0.6 is 0 Å². The molecule has 0 bridgehead atoms. The van der Waals surface area contributed by atoms with Gasteiger partial charge in [-0.05, 0) is 24.1 Å². The molecule has 0 aliphatic carbocycles. The Hall–Kier alpha value is -2.14. The summed E-state index contributed by atoms with van der Waals surface area (Å²) in [5.41, 5.74) is 3.03. The van der Waals surface area contributed by atoms with E-state index in [0.717, 1.165) is 23.2 Å². The zero-order valence-electron chi connectivity index (χ0n) is 10.1. The number of rotatable bonds is 5. The van der Waals surface area contributed by atoms with Crippen LogP contribution in [0, 0.1) is 17.0 Å². The number of nitrogens with zero attached hydrogens (tertiary/aromatic N) is 1. The van der Waals surface area contributed by atoms with Crippen LogP contribution < -0.4 is 5.32 Å². The summed E-state index contributed by atoms with van der Waals surface area (Å²) >= 11 is 0. The first-order valence-electron chi connectivity index (χ1n) is 5.74. The fraction of sp³-hybridized carbons (Fsp3) is 0.231. The molecule has 18 heavy (non-hydrogen) atoms. The van der Waals surface area contributed by atoms with Crippen molar-refractivity contribution in [1.82, 2.24) is 10.3 Å². The highest BCUT2D eigenvalue weighted by molar-refractivity contribution is 5.44. The molecule has 1 aromatic carbocycles. The van der Waals surface area contributed by atoms with Crippen molar-refractivity contribution in [2.24, 2.45) is 0 Å². The predicted octanol–water partition coefficient (Wildman–Crippen LogP) is 2.52. The fourth-order valence-corrected chi connectivity index (χ4v) is 1.87. The van der Waals surface area contributed by atoms with Gasteiger partial charge in [0.05, 0.1) is 4.92 Å². The van der Waals surface area contributed by atoms with E-state index < -0.39 is 0 Å². The van der Waals surface area contributed by atoms with Gasteiger partial charge in [-0.3, -0.25) is 10.1 Å². The molecule has 0 spiro atoms. The van der Waals surface area contributed by atoms with Crippen molar-refractivity contribution in [3.63, 3.8) is 0 Å². The van der Waals surface area contributed by atoms with E-state index in [2.05, 4.69) is 10.3 Å². The molecule has 0 radical (unpaired) electrons. The maximum absolute atomic E-state index is 10.8. The second kappa shape index (κ2) is 5.46. The lowest BCUT2D eigenvalue weighted by Gasteiger charge is -2.07. The molecule has 5 nitrogen and oxygen atoms in total. The standard InChI is InChI=1S/C13H15N3O2/c1-10-12(3-2-4-13(10)16(17)18)9-15-8-11-5-6-14-7-11/h2-7,14-15H,8-9H2,1H3. The van der Waals surface area contributed by atoms with Gasteiger partial charge < -0.3 is 10.3 Å². The minimum absolute atomic E-state index is 0.177. The lowest BCUT2D eigenvalue weighted by atomic mass is 10.1. The van der Waals surface area contributed by atoms with Gasteiger partial charge >= 0.3 is 0 Å². The quantitative estimate of drug-likeness (QED) is 0.628. The van der Waals surface area contributed by atoms with Crippen molar-refractivity contribution in [3.05, 3.63) is 63.5 Å². The Morgan fingerprint density at radius 3 is 2.83 bits per heavy atom. The van der Waals surface area contributed by atoms with E-state index in [1.807, 2.05) is 24.5 Å². The monoisotopic (exact) mass is 245 g/mol. The summed E-state index contributed by atoms with van der Waals surface area (Å²) in [5.74, 6) is 0. The summed E-state index contributed by atoms with van der Waals surface area (Å²) in [6.45, 7) is 3.15. The van der Waals surface area contributed by atoms with E-state index in [9.17, 15) is 10.1 Å². The van der Waals surface area contributed by atoms with E-state index >= 15 is 0 Å². The van der Waals surface area contributed by atoms with E-state index in [1.54, 1.807) is 13.0 Å². The van der Waals surface area contributed by atoms with Gasteiger partial charge in [-0.2, -0.15) is 0 Å². The number of hydrogen-bond donors (Lipinski definition) is 2. The molecule has 2 N–H and O–H groups in total. The third-order valence-electron chi connectivity index (χ3n) is 2.92. The largest absolute Gasteiger partial charge is 0.367 e. The minimum Gasteiger partial charge on any atom is -0.367 e. The van der Waals surface area contributed by atoms with Crippen LogP contribution in [0.15, 0.2) is 36.7 Å². The minimum atomic E-state index is -0.342. The first kappa shape index (κ1) is 12.3. The molecule has 0 unspecified atom stereocenters. The molecule has 94 valence electrons. The van der Waals surface area contributed by atoms with Crippen molar-refractivity contribution >= 4 is 5.69 Å². The number of nitro groups is 1. The topological polar surface area (TPSA) is 71.0 Å². The average molecular weight is 245 g/mol.